The first-order valence-corrected chi connectivity index (χ1v) is 3.91. The van der Waals surface area contributed by atoms with Gasteiger partial charge in [-0.25, -0.2) is 0 Å². The fourth-order valence-corrected chi connectivity index (χ4v) is 0.994. The molecule has 1 aliphatic heterocycles. The number of nitrogens with one attached hydrogen (secondary N) is 2. The number of carbonyl (C=O) groups is 2. The zero-order chi connectivity index (χ0) is 9.57. The third-order valence-corrected chi connectivity index (χ3v) is 2.62. The average molecular weight is 170 g/mol. The Morgan fingerprint density at radius 1 is 0.833 bits per heavy atom. The van der Waals surface area contributed by atoms with Crippen LogP contribution >= 0.6 is 0 Å². The summed E-state index contributed by atoms with van der Waals surface area (Å²) in [4.78, 5) is 21.9. The van der Waals surface area contributed by atoms with Crippen LogP contribution in [0.1, 0.15) is 27.7 Å². The molecule has 0 aromatic carbocycles. The average Bonchev–Trinajstić information content (AvgIpc) is 1.82. The van der Waals surface area contributed by atoms with Crippen LogP contribution in [0.5, 0.6) is 0 Å². The van der Waals surface area contributed by atoms with Gasteiger partial charge in [0.05, 0.1) is 11.1 Å². The van der Waals surface area contributed by atoms with E-state index in [2.05, 4.69) is 10.6 Å². The molecule has 68 valence electrons. The van der Waals surface area contributed by atoms with Crippen molar-refractivity contribution < 1.29 is 9.59 Å². The monoisotopic (exact) mass is 170 g/mol. The lowest BCUT2D eigenvalue weighted by atomic mass is 9.80. The van der Waals surface area contributed by atoms with Crippen molar-refractivity contribution in [3.8, 4) is 0 Å². The molecule has 0 atom stereocenters. The highest BCUT2D eigenvalue weighted by Crippen LogP contribution is 2.23. The number of piperazine rings is 1. The van der Waals surface area contributed by atoms with Gasteiger partial charge >= 0.3 is 11.8 Å². The maximum absolute atomic E-state index is 11.0. The van der Waals surface area contributed by atoms with Crippen molar-refractivity contribution in [1.82, 2.24) is 10.6 Å². The van der Waals surface area contributed by atoms with Crippen LogP contribution in [0.2, 0.25) is 0 Å². The van der Waals surface area contributed by atoms with E-state index in [1.165, 1.54) is 0 Å². The smallest absolute Gasteiger partial charge is 0.309 e. The molecule has 2 amide bonds. The Kier molecular flexibility index (Phi) is 1.67. The number of rotatable bonds is 0. The Hall–Kier alpha value is -1.06. The first-order chi connectivity index (χ1) is 5.26. The van der Waals surface area contributed by atoms with E-state index < -0.39 is 22.9 Å². The molecular formula is C8H14N2O2. The molecule has 0 aliphatic carbocycles. The Balaban J connectivity index is 2.95. The van der Waals surface area contributed by atoms with Crippen molar-refractivity contribution in [1.29, 1.82) is 0 Å². The molecule has 1 aliphatic rings. The molecule has 1 saturated heterocycles. The number of hydrogen-bond acceptors (Lipinski definition) is 2. The summed E-state index contributed by atoms with van der Waals surface area (Å²) in [7, 11) is 0. The van der Waals surface area contributed by atoms with Crippen LogP contribution in [-0.4, -0.2) is 22.9 Å². The van der Waals surface area contributed by atoms with Crippen LogP contribution in [0.15, 0.2) is 0 Å². The van der Waals surface area contributed by atoms with Gasteiger partial charge in [-0.1, -0.05) is 0 Å². The normalized spacial score (nSPS) is 26.0. The van der Waals surface area contributed by atoms with Crippen LogP contribution < -0.4 is 10.6 Å². The molecule has 4 heteroatoms. The molecule has 0 aromatic rings. The molecule has 0 unspecified atom stereocenters. The van der Waals surface area contributed by atoms with Gasteiger partial charge in [-0.05, 0) is 27.7 Å². The topological polar surface area (TPSA) is 58.2 Å². The SMILES string of the molecule is CC1(C)NC(=O)C(=O)NC1(C)C. The van der Waals surface area contributed by atoms with Crippen LogP contribution in [0.4, 0.5) is 0 Å². The summed E-state index contributed by atoms with van der Waals surface area (Å²) in [5.74, 6) is -1.11. The van der Waals surface area contributed by atoms with Crippen molar-refractivity contribution in [2.75, 3.05) is 0 Å². The van der Waals surface area contributed by atoms with Gasteiger partial charge in [0.15, 0.2) is 0 Å². The van der Waals surface area contributed by atoms with Gasteiger partial charge in [-0.2, -0.15) is 0 Å². The molecular weight excluding hydrogens is 156 g/mol. The summed E-state index contributed by atoms with van der Waals surface area (Å²) in [6.45, 7) is 7.52. The highest BCUT2D eigenvalue weighted by molar-refractivity contribution is 6.36. The predicted molar refractivity (Wildman–Crippen MR) is 44.4 cm³/mol. The third-order valence-electron chi connectivity index (χ3n) is 2.62. The lowest BCUT2D eigenvalue weighted by molar-refractivity contribution is -0.145. The maximum Gasteiger partial charge on any atom is 0.309 e. The van der Waals surface area contributed by atoms with E-state index in [0.29, 0.717) is 0 Å². The van der Waals surface area contributed by atoms with Crippen molar-refractivity contribution in [2.45, 2.75) is 38.8 Å². The minimum absolute atomic E-state index is 0.405. The molecule has 12 heavy (non-hydrogen) atoms. The summed E-state index contributed by atoms with van der Waals surface area (Å²) < 4.78 is 0. The van der Waals surface area contributed by atoms with E-state index in [9.17, 15) is 9.59 Å². The van der Waals surface area contributed by atoms with Gasteiger partial charge in [-0.15, -0.1) is 0 Å². The van der Waals surface area contributed by atoms with Gasteiger partial charge < -0.3 is 10.6 Å². The Labute approximate surface area is 71.7 Å². The summed E-state index contributed by atoms with van der Waals surface area (Å²) in [6, 6.07) is 0. The number of carbonyl (C=O) groups excluding carboxylic acids is 2. The fourth-order valence-electron chi connectivity index (χ4n) is 0.994. The quantitative estimate of drug-likeness (QED) is 0.494. The van der Waals surface area contributed by atoms with Crippen molar-refractivity contribution in [3.05, 3.63) is 0 Å². The van der Waals surface area contributed by atoms with Gasteiger partial charge in [0.25, 0.3) is 0 Å². The second-order valence-corrected chi connectivity index (χ2v) is 4.16. The zero-order valence-corrected chi connectivity index (χ0v) is 7.82. The summed E-state index contributed by atoms with van der Waals surface area (Å²) in [6.07, 6.45) is 0. The van der Waals surface area contributed by atoms with Crippen LogP contribution in [0.25, 0.3) is 0 Å². The predicted octanol–water partition coefficient (Wildman–Crippen LogP) is -0.210. The lowest BCUT2D eigenvalue weighted by Gasteiger charge is -2.45. The molecule has 0 radical (unpaired) electrons. The van der Waals surface area contributed by atoms with Crippen LogP contribution in [-0.2, 0) is 9.59 Å². The van der Waals surface area contributed by atoms with Crippen molar-refractivity contribution >= 4 is 11.8 Å². The molecule has 0 aromatic heterocycles. The lowest BCUT2D eigenvalue weighted by Crippen LogP contribution is -2.72. The Morgan fingerprint density at radius 2 is 1.08 bits per heavy atom. The van der Waals surface area contributed by atoms with Gasteiger partial charge in [0, 0.05) is 0 Å². The van der Waals surface area contributed by atoms with E-state index >= 15 is 0 Å². The van der Waals surface area contributed by atoms with E-state index in [1.807, 2.05) is 27.7 Å². The largest absolute Gasteiger partial charge is 0.341 e. The van der Waals surface area contributed by atoms with E-state index in [0.717, 1.165) is 0 Å². The van der Waals surface area contributed by atoms with E-state index in [4.69, 9.17) is 0 Å². The highest BCUT2D eigenvalue weighted by Gasteiger charge is 2.45. The molecule has 1 fully saturated rings. The molecule has 1 rings (SSSR count). The van der Waals surface area contributed by atoms with Crippen molar-refractivity contribution in [2.24, 2.45) is 0 Å². The van der Waals surface area contributed by atoms with Crippen LogP contribution in [0.3, 0.4) is 0 Å². The molecule has 0 spiro atoms. The number of hydrogen-bond donors (Lipinski definition) is 2. The van der Waals surface area contributed by atoms with E-state index in [1.54, 1.807) is 0 Å². The maximum atomic E-state index is 11.0. The fraction of sp³-hybridized carbons (Fsp3) is 0.750. The Bertz CT molecular complexity index is 217. The van der Waals surface area contributed by atoms with Gasteiger partial charge in [-0.3, -0.25) is 9.59 Å². The first-order valence-electron chi connectivity index (χ1n) is 3.91. The minimum Gasteiger partial charge on any atom is -0.341 e. The molecule has 2 N–H and O–H groups in total. The standard InChI is InChI=1S/C8H14N2O2/c1-7(2)8(3,4)10-6(12)5(11)9-7/h1-4H3,(H,9,11)(H,10,12). The molecule has 0 saturated carbocycles. The Morgan fingerprint density at radius 3 is 1.33 bits per heavy atom. The number of amides is 2. The summed E-state index contributed by atoms with van der Waals surface area (Å²) in [5, 5.41) is 5.29. The second-order valence-electron chi connectivity index (χ2n) is 4.16. The minimum atomic E-state index is -0.556. The molecule has 4 nitrogen and oxygen atoms in total. The summed E-state index contributed by atoms with van der Waals surface area (Å²) in [5.41, 5.74) is -0.810. The van der Waals surface area contributed by atoms with E-state index in [-0.39, 0.29) is 0 Å². The second kappa shape index (κ2) is 2.21. The van der Waals surface area contributed by atoms with Crippen LogP contribution in [0, 0.1) is 0 Å². The van der Waals surface area contributed by atoms with Gasteiger partial charge in [0.1, 0.15) is 0 Å². The summed E-state index contributed by atoms with van der Waals surface area (Å²) >= 11 is 0. The molecule has 1 heterocycles. The van der Waals surface area contributed by atoms with Gasteiger partial charge in [0.2, 0.25) is 0 Å². The molecule has 0 bridgehead atoms. The first kappa shape index (κ1) is 9.03. The highest BCUT2D eigenvalue weighted by atomic mass is 16.2. The van der Waals surface area contributed by atoms with Crippen molar-refractivity contribution in [3.63, 3.8) is 0 Å². The zero-order valence-electron chi connectivity index (χ0n) is 7.82. The third kappa shape index (κ3) is 1.17.